The number of aryl methyl sites for hydroxylation is 1. The van der Waals surface area contributed by atoms with Gasteiger partial charge in [0.05, 0.1) is 0 Å². The zero-order chi connectivity index (χ0) is 15.8. The molecule has 0 spiro atoms. The Labute approximate surface area is 133 Å². The van der Waals surface area contributed by atoms with Gasteiger partial charge in [0.25, 0.3) is 5.91 Å². The fraction of sp³-hybridized carbons (Fsp3) is 0.0500. The van der Waals surface area contributed by atoms with Crippen LogP contribution in [0.3, 0.4) is 0 Å². The Morgan fingerprint density at radius 3 is 2.48 bits per heavy atom. The van der Waals surface area contributed by atoms with E-state index in [1.807, 2.05) is 67.6 Å². The van der Waals surface area contributed by atoms with Gasteiger partial charge >= 0.3 is 0 Å². The average molecular weight is 301 g/mol. The number of carbonyl (C=O) groups excluding carboxylic acids is 1. The van der Waals surface area contributed by atoms with Gasteiger partial charge in [-0.15, -0.1) is 0 Å². The standard InChI is InChI=1S/C20H15NO2/c1-13-6-2-4-8-17(13)21-20(22)14-10-11-19-16(12-14)15-7-3-5-9-18(15)23-19/h2-12H,1H3,(H,21,22). The first kappa shape index (κ1) is 13.6. The van der Waals surface area contributed by atoms with Crippen molar-refractivity contribution in [2.24, 2.45) is 0 Å². The summed E-state index contributed by atoms with van der Waals surface area (Å²) in [5, 5.41) is 4.94. The zero-order valence-corrected chi connectivity index (χ0v) is 12.7. The SMILES string of the molecule is Cc1ccccc1NC(=O)c1ccc2oc3ccccc3c2c1. The van der Waals surface area contributed by atoms with Crippen molar-refractivity contribution in [3.8, 4) is 0 Å². The molecule has 0 aliphatic rings. The molecule has 0 aliphatic heterocycles. The van der Waals surface area contributed by atoms with Crippen LogP contribution in [0.15, 0.2) is 71.1 Å². The van der Waals surface area contributed by atoms with Gasteiger partial charge in [-0.25, -0.2) is 0 Å². The lowest BCUT2D eigenvalue weighted by Crippen LogP contribution is -2.12. The third-order valence-electron chi connectivity index (χ3n) is 4.03. The molecule has 1 heterocycles. The van der Waals surface area contributed by atoms with E-state index in [-0.39, 0.29) is 5.91 Å². The average Bonchev–Trinajstić information content (AvgIpc) is 2.94. The molecule has 0 bridgehead atoms. The van der Waals surface area contributed by atoms with Crippen LogP contribution in [0.5, 0.6) is 0 Å². The fourth-order valence-electron chi connectivity index (χ4n) is 2.77. The molecular weight excluding hydrogens is 286 g/mol. The van der Waals surface area contributed by atoms with E-state index < -0.39 is 0 Å². The highest BCUT2D eigenvalue weighted by Crippen LogP contribution is 2.29. The second-order valence-corrected chi connectivity index (χ2v) is 5.58. The fourth-order valence-corrected chi connectivity index (χ4v) is 2.77. The number of nitrogens with one attached hydrogen (secondary N) is 1. The number of benzene rings is 3. The summed E-state index contributed by atoms with van der Waals surface area (Å²) in [5.74, 6) is -0.119. The monoisotopic (exact) mass is 301 g/mol. The molecule has 0 aliphatic carbocycles. The van der Waals surface area contributed by atoms with Crippen LogP contribution in [0.25, 0.3) is 21.9 Å². The molecule has 0 unspecified atom stereocenters. The molecule has 1 aromatic heterocycles. The van der Waals surface area contributed by atoms with Crippen LogP contribution in [-0.2, 0) is 0 Å². The van der Waals surface area contributed by atoms with Crippen molar-refractivity contribution in [1.29, 1.82) is 0 Å². The van der Waals surface area contributed by atoms with Gasteiger partial charge in [0, 0.05) is 22.0 Å². The Hall–Kier alpha value is -3.07. The number of hydrogen-bond donors (Lipinski definition) is 1. The van der Waals surface area contributed by atoms with E-state index in [4.69, 9.17) is 4.42 Å². The minimum absolute atomic E-state index is 0.119. The Morgan fingerprint density at radius 1 is 0.870 bits per heavy atom. The molecule has 0 radical (unpaired) electrons. The minimum atomic E-state index is -0.119. The number of amides is 1. The van der Waals surface area contributed by atoms with Crippen LogP contribution in [0.1, 0.15) is 15.9 Å². The number of fused-ring (bicyclic) bond motifs is 3. The van der Waals surface area contributed by atoms with Gasteiger partial charge in [0.15, 0.2) is 0 Å². The largest absolute Gasteiger partial charge is 0.456 e. The maximum Gasteiger partial charge on any atom is 0.255 e. The van der Waals surface area contributed by atoms with Crippen LogP contribution in [0.2, 0.25) is 0 Å². The van der Waals surface area contributed by atoms with Gasteiger partial charge in [-0.2, -0.15) is 0 Å². The number of furan rings is 1. The minimum Gasteiger partial charge on any atom is -0.456 e. The van der Waals surface area contributed by atoms with Crippen molar-refractivity contribution in [3.63, 3.8) is 0 Å². The molecule has 112 valence electrons. The lowest BCUT2D eigenvalue weighted by molar-refractivity contribution is 0.102. The molecule has 4 aromatic rings. The molecule has 3 aromatic carbocycles. The lowest BCUT2D eigenvalue weighted by Gasteiger charge is -2.08. The number of carbonyl (C=O) groups is 1. The van der Waals surface area contributed by atoms with Crippen molar-refractivity contribution in [1.82, 2.24) is 0 Å². The second kappa shape index (κ2) is 5.29. The molecule has 0 saturated carbocycles. The summed E-state index contributed by atoms with van der Waals surface area (Å²) in [4.78, 5) is 12.5. The van der Waals surface area contributed by atoms with Crippen molar-refractivity contribution in [2.75, 3.05) is 5.32 Å². The molecule has 1 amide bonds. The highest BCUT2D eigenvalue weighted by molar-refractivity contribution is 6.11. The summed E-state index contributed by atoms with van der Waals surface area (Å²) < 4.78 is 5.79. The maximum absolute atomic E-state index is 12.5. The summed E-state index contributed by atoms with van der Waals surface area (Å²) in [6, 6.07) is 21.1. The molecular formula is C20H15NO2. The first-order valence-electron chi connectivity index (χ1n) is 7.51. The van der Waals surface area contributed by atoms with Crippen LogP contribution < -0.4 is 5.32 Å². The molecule has 0 saturated heterocycles. The topological polar surface area (TPSA) is 42.2 Å². The summed E-state index contributed by atoms with van der Waals surface area (Å²) in [6.07, 6.45) is 0. The van der Waals surface area contributed by atoms with Crippen LogP contribution >= 0.6 is 0 Å². The molecule has 0 atom stereocenters. The zero-order valence-electron chi connectivity index (χ0n) is 12.7. The normalized spacial score (nSPS) is 11.0. The van der Waals surface area contributed by atoms with Gasteiger partial charge in [0.1, 0.15) is 11.2 Å². The van der Waals surface area contributed by atoms with Crippen LogP contribution in [-0.4, -0.2) is 5.91 Å². The Morgan fingerprint density at radius 2 is 1.61 bits per heavy atom. The van der Waals surface area contributed by atoms with Gasteiger partial charge < -0.3 is 9.73 Å². The van der Waals surface area contributed by atoms with E-state index >= 15 is 0 Å². The number of rotatable bonds is 2. The number of hydrogen-bond acceptors (Lipinski definition) is 2. The third-order valence-corrected chi connectivity index (χ3v) is 4.03. The van der Waals surface area contributed by atoms with E-state index in [2.05, 4.69) is 5.32 Å². The Bertz CT molecular complexity index is 1030. The molecule has 3 nitrogen and oxygen atoms in total. The van der Waals surface area contributed by atoms with Gasteiger partial charge in [-0.1, -0.05) is 36.4 Å². The van der Waals surface area contributed by atoms with Crippen LogP contribution in [0.4, 0.5) is 5.69 Å². The first-order chi connectivity index (χ1) is 11.2. The second-order valence-electron chi connectivity index (χ2n) is 5.58. The van der Waals surface area contributed by atoms with Crippen molar-refractivity contribution >= 4 is 33.5 Å². The lowest BCUT2D eigenvalue weighted by atomic mass is 10.1. The Balaban J connectivity index is 1.75. The predicted octanol–water partition coefficient (Wildman–Crippen LogP) is 5.15. The maximum atomic E-state index is 12.5. The Kier molecular flexibility index (Phi) is 3.12. The summed E-state index contributed by atoms with van der Waals surface area (Å²) >= 11 is 0. The molecule has 3 heteroatoms. The van der Waals surface area contributed by atoms with Crippen molar-refractivity contribution in [3.05, 3.63) is 77.9 Å². The van der Waals surface area contributed by atoms with Gasteiger partial charge in [-0.3, -0.25) is 4.79 Å². The molecule has 0 fully saturated rings. The van der Waals surface area contributed by atoms with Crippen molar-refractivity contribution < 1.29 is 9.21 Å². The number of anilines is 1. The van der Waals surface area contributed by atoms with Crippen molar-refractivity contribution in [2.45, 2.75) is 6.92 Å². The number of para-hydroxylation sites is 2. The first-order valence-corrected chi connectivity index (χ1v) is 7.51. The third kappa shape index (κ3) is 2.36. The summed E-state index contributed by atoms with van der Waals surface area (Å²) in [7, 11) is 0. The smallest absolute Gasteiger partial charge is 0.255 e. The van der Waals surface area contributed by atoms with E-state index in [0.717, 1.165) is 33.2 Å². The molecule has 1 N–H and O–H groups in total. The quantitative estimate of drug-likeness (QED) is 0.556. The predicted molar refractivity (Wildman–Crippen MR) is 92.9 cm³/mol. The van der Waals surface area contributed by atoms with Gasteiger partial charge in [-0.05, 0) is 42.8 Å². The molecule has 23 heavy (non-hydrogen) atoms. The van der Waals surface area contributed by atoms with E-state index in [1.165, 1.54) is 0 Å². The molecule has 4 rings (SSSR count). The van der Waals surface area contributed by atoms with Crippen LogP contribution in [0, 0.1) is 6.92 Å². The van der Waals surface area contributed by atoms with E-state index in [1.54, 1.807) is 6.07 Å². The summed E-state index contributed by atoms with van der Waals surface area (Å²) in [6.45, 7) is 1.97. The van der Waals surface area contributed by atoms with E-state index in [9.17, 15) is 4.79 Å². The van der Waals surface area contributed by atoms with Gasteiger partial charge in [0.2, 0.25) is 0 Å². The highest BCUT2D eigenvalue weighted by Gasteiger charge is 2.12. The summed E-state index contributed by atoms with van der Waals surface area (Å²) in [5.41, 5.74) is 4.11. The highest BCUT2D eigenvalue weighted by atomic mass is 16.3. The van der Waals surface area contributed by atoms with E-state index in [0.29, 0.717) is 5.56 Å².